The van der Waals surface area contributed by atoms with Crippen molar-refractivity contribution in [2.75, 3.05) is 6.54 Å². The van der Waals surface area contributed by atoms with E-state index in [4.69, 9.17) is 4.74 Å². The normalized spacial score (nSPS) is 18.6. The molecule has 5 N–H and O–H groups in total. The Morgan fingerprint density at radius 1 is 0.844 bits per heavy atom. The van der Waals surface area contributed by atoms with Gasteiger partial charge in [0, 0.05) is 23.9 Å². The Morgan fingerprint density at radius 3 is 1.96 bits per heavy atom. The predicted molar refractivity (Wildman–Crippen MR) is 173 cm³/mol. The maximum Gasteiger partial charge on any atom is 0.408 e. The number of aliphatic hydroxyl groups is 1. The molecule has 246 valence electrons. The molecular weight excluding hydrogens is 572 g/mol. The van der Waals surface area contributed by atoms with Gasteiger partial charge in [0.05, 0.1) is 12.1 Å². The fourth-order valence-corrected chi connectivity index (χ4v) is 5.55. The topological polar surface area (TPSA) is 146 Å². The average molecular weight is 623 g/mol. The van der Waals surface area contributed by atoms with Crippen LogP contribution in [0.2, 0.25) is 0 Å². The number of ether oxygens (including phenoxy) is 1. The molecule has 45 heavy (non-hydrogen) atoms. The van der Waals surface area contributed by atoms with Gasteiger partial charge >= 0.3 is 6.09 Å². The van der Waals surface area contributed by atoms with Gasteiger partial charge in [0.1, 0.15) is 12.6 Å². The van der Waals surface area contributed by atoms with E-state index >= 15 is 0 Å². The lowest BCUT2D eigenvalue weighted by Gasteiger charge is -2.33. The number of hydrogen-bond donors (Lipinski definition) is 5. The predicted octanol–water partition coefficient (Wildman–Crippen LogP) is 3.86. The van der Waals surface area contributed by atoms with Crippen molar-refractivity contribution in [3.63, 3.8) is 0 Å². The molecule has 0 heterocycles. The lowest BCUT2D eigenvalue weighted by atomic mass is 9.77. The molecule has 0 aliphatic heterocycles. The molecule has 0 bridgehead atoms. The summed E-state index contributed by atoms with van der Waals surface area (Å²) >= 11 is 0. The molecule has 1 aliphatic carbocycles. The van der Waals surface area contributed by atoms with Crippen molar-refractivity contribution in [1.29, 1.82) is 0 Å². The van der Waals surface area contributed by atoms with Gasteiger partial charge < -0.3 is 31.1 Å². The number of alkyl carbamates (subject to hydrolysis) is 1. The molecule has 1 unspecified atom stereocenters. The maximum absolute atomic E-state index is 13.5. The van der Waals surface area contributed by atoms with Gasteiger partial charge in [0.25, 0.3) is 0 Å². The number of hydrogen-bond acceptors (Lipinski definition) is 6. The first-order chi connectivity index (χ1) is 21.3. The lowest BCUT2D eigenvalue weighted by molar-refractivity contribution is -0.137. The summed E-state index contributed by atoms with van der Waals surface area (Å²) in [5.74, 6) is -2.09. The molecular formula is C35H50N4O6. The number of amides is 4. The molecule has 1 saturated carbocycles. The number of benzene rings is 2. The zero-order valence-electron chi connectivity index (χ0n) is 27.2. The van der Waals surface area contributed by atoms with Gasteiger partial charge in [-0.2, -0.15) is 0 Å². The minimum atomic E-state index is -1.14. The SMILES string of the molecule is CC(C)[C@H](NC(=O)OCc1ccccc1)C(=O)N[C@@H](Cc1ccccc1)[C@H](O)CNC(=O)C1CCCC[C@H]1C(=O)NC(C)(C)C. The summed E-state index contributed by atoms with van der Waals surface area (Å²) in [6.45, 7) is 9.30. The first-order valence-corrected chi connectivity index (χ1v) is 15.9. The highest BCUT2D eigenvalue weighted by molar-refractivity contribution is 5.88. The molecule has 0 spiro atoms. The van der Waals surface area contributed by atoms with Crippen LogP contribution in [0.1, 0.15) is 71.4 Å². The van der Waals surface area contributed by atoms with Crippen molar-refractivity contribution in [2.45, 2.75) is 97.1 Å². The Bertz CT molecular complexity index is 1250. The fourth-order valence-electron chi connectivity index (χ4n) is 5.55. The summed E-state index contributed by atoms with van der Waals surface area (Å²) in [5.41, 5.74) is 1.30. The summed E-state index contributed by atoms with van der Waals surface area (Å²) in [7, 11) is 0. The minimum absolute atomic E-state index is 0.0634. The Hall–Kier alpha value is -3.92. The third kappa shape index (κ3) is 11.8. The number of rotatable bonds is 13. The van der Waals surface area contributed by atoms with Crippen LogP contribution in [0.4, 0.5) is 4.79 Å². The van der Waals surface area contributed by atoms with Gasteiger partial charge in [-0.15, -0.1) is 0 Å². The largest absolute Gasteiger partial charge is 0.445 e. The highest BCUT2D eigenvalue weighted by Gasteiger charge is 2.37. The third-order valence-electron chi connectivity index (χ3n) is 7.95. The van der Waals surface area contributed by atoms with Crippen LogP contribution in [-0.4, -0.2) is 59.2 Å². The second-order valence-electron chi connectivity index (χ2n) is 13.3. The van der Waals surface area contributed by atoms with E-state index in [-0.39, 0.29) is 30.9 Å². The highest BCUT2D eigenvalue weighted by Crippen LogP contribution is 2.31. The number of nitrogens with one attached hydrogen (secondary N) is 4. The Labute approximate surface area is 267 Å². The van der Waals surface area contributed by atoms with Crippen molar-refractivity contribution in [3.8, 4) is 0 Å². The van der Waals surface area contributed by atoms with Crippen LogP contribution in [0, 0.1) is 17.8 Å². The van der Waals surface area contributed by atoms with E-state index in [0.29, 0.717) is 19.3 Å². The summed E-state index contributed by atoms with van der Waals surface area (Å²) in [4.78, 5) is 52.4. The van der Waals surface area contributed by atoms with Crippen molar-refractivity contribution in [1.82, 2.24) is 21.3 Å². The van der Waals surface area contributed by atoms with Gasteiger partial charge in [-0.3, -0.25) is 14.4 Å². The van der Waals surface area contributed by atoms with Crippen LogP contribution < -0.4 is 21.3 Å². The molecule has 0 radical (unpaired) electrons. The standard InChI is InChI=1S/C35H50N4O6/c1-23(2)30(38-34(44)45-22-25-16-10-7-11-17-25)33(43)37-28(20-24-14-8-6-9-15-24)29(40)21-36-31(41)26-18-12-13-19-27(26)32(42)39-35(3,4)5/h6-11,14-17,23,26-30,40H,12-13,18-22H2,1-5H3,(H,36,41)(H,37,43)(H,38,44)(H,39,42)/t26?,27-,28+,29-,30+/m1/s1. The Balaban J connectivity index is 1.66. The van der Waals surface area contributed by atoms with Gasteiger partial charge in [0.2, 0.25) is 17.7 Å². The second kappa shape index (κ2) is 17.0. The summed E-state index contributed by atoms with van der Waals surface area (Å²) < 4.78 is 5.33. The summed E-state index contributed by atoms with van der Waals surface area (Å²) in [6.07, 6.45) is 1.39. The molecule has 4 amide bonds. The smallest absolute Gasteiger partial charge is 0.408 e. The maximum atomic E-state index is 13.5. The zero-order chi connectivity index (χ0) is 33.0. The minimum Gasteiger partial charge on any atom is -0.445 e. The quantitative estimate of drug-likeness (QED) is 0.229. The zero-order valence-corrected chi connectivity index (χ0v) is 27.2. The van der Waals surface area contributed by atoms with Crippen LogP contribution in [-0.2, 0) is 32.1 Å². The van der Waals surface area contributed by atoms with Crippen LogP contribution in [0.15, 0.2) is 60.7 Å². The van der Waals surface area contributed by atoms with Crippen molar-refractivity contribution < 1.29 is 29.0 Å². The Morgan fingerprint density at radius 2 is 1.40 bits per heavy atom. The van der Waals surface area contributed by atoms with E-state index in [1.54, 1.807) is 13.8 Å². The summed E-state index contributed by atoms with van der Waals surface area (Å²) in [6, 6.07) is 17.0. The van der Waals surface area contributed by atoms with Crippen LogP contribution in [0.5, 0.6) is 0 Å². The van der Waals surface area contributed by atoms with E-state index in [1.165, 1.54) is 0 Å². The second-order valence-corrected chi connectivity index (χ2v) is 13.3. The van der Waals surface area contributed by atoms with Crippen molar-refractivity contribution >= 4 is 23.8 Å². The highest BCUT2D eigenvalue weighted by atomic mass is 16.5. The van der Waals surface area contributed by atoms with E-state index in [2.05, 4.69) is 21.3 Å². The molecule has 10 heteroatoms. The first-order valence-electron chi connectivity index (χ1n) is 15.9. The number of carbonyl (C=O) groups is 4. The Kier molecular flexibility index (Phi) is 13.4. The van der Waals surface area contributed by atoms with Crippen molar-refractivity contribution in [3.05, 3.63) is 71.8 Å². The van der Waals surface area contributed by atoms with Crippen LogP contribution in [0.25, 0.3) is 0 Å². The molecule has 0 saturated heterocycles. The molecule has 0 aromatic heterocycles. The molecule has 3 rings (SSSR count). The van der Waals surface area contributed by atoms with Gasteiger partial charge in [0.15, 0.2) is 0 Å². The van der Waals surface area contributed by atoms with Crippen LogP contribution in [0.3, 0.4) is 0 Å². The third-order valence-corrected chi connectivity index (χ3v) is 7.95. The average Bonchev–Trinajstić information content (AvgIpc) is 3.01. The number of aliphatic hydroxyl groups excluding tert-OH is 1. The molecule has 2 aromatic carbocycles. The van der Waals surface area contributed by atoms with E-state index in [9.17, 15) is 24.3 Å². The fraction of sp³-hybridized carbons (Fsp3) is 0.543. The summed E-state index contributed by atoms with van der Waals surface area (Å²) in [5, 5.41) is 22.7. The molecule has 1 fully saturated rings. The molecule has 1 aliphatic rings. The van der Waals surface area contributed by atoms with E-state index in [0.717, 1.165) is 24.0 Å². The lowest BCUT2D eigenvalue weighted by Crippen LogP contribution is -2.57. The van der Waals surface area contributed by atoms with Crippen LogP contribution >= 0.6 is 0 Å². The molecule has 10 nitrogen and oxygen atoms in total. The van der Waals surface area contributed by atoms with E-state index in [1.807, 2.05) is 81.4 Å². The van der Waals surface area contributed by atoms with Crippen molar-refractivity contribution in [2.24, 2.45) is 17.8 Å². The number of carbonyl (C=O) groups excluding carboxylic acids is 4. The molecule has 5 atom stereocenters. The van der Waals surface area contributed by atoms with Gasteiger partial charge in [-0.25, -0.2) is 4.79 Å². The molecule has 2 aromatic rings. The van der Waals surface area contributed by atoms with E-state index < -0.39 is 47.6 Å². The van der Waals surface area contributed by atoms with Gasteiger partial charge in [-0.05, 0) is 57.1 Å². The van der Waals surface area contributed by atoms with Gasteiger partial charge in [-0.1, -0.05) is 87.4 Å². The first kappa shape index (κ1) is 35.6. The monoisotopic (exact) mass is 622 g/mol.